The summed E-state index contributed by atoms with van der Waals surface area (Å²) in [6.45, 7) is 8.70. The SMILES string of the molecule is CCNc1nc(C)cc(NC2(C)CCOCC2)n1. The van der Waals surface area contributed by atoms with Crippen LogP contribution in [0.3, 0.4) is 0 Å². The fraction of sp³-hybridized carbons (Fsp3) is 0.692. The highest BCUT2D eigenvalue weighted by Crippen LogP contribution is 2.25. The molecule has 2 N–H and O–H groups in total. The van der Waals surface area contributed by atoms with Crippen molar-refractivity contribution < 1.29 is 4.74 Å². The molecule has 18 heavy (non-hydrogen) atoms. The number of hydrogen-bond acceptors (Lipinski definition) is 5. The van der Waals surface area contributed by atoms with Crippen LogP contribution in [0.1, 0.15) is 32.4 Å². The van der Waals surface area contributed by atoms with Crippen molar-refractivity contribution in [2.24, 2.45) is 0 Å². The van der Waals surface area contributed by atoms with Crippen LogP contribution in [0.4, 0.5) is 11.8 Å². The van der Waals surface area contributed by atoms with Crippen LogP contribution in [-0.2, 0) is 4.74 Å². The molecular formula is C13H22N4O. The van der Waals surface area contributed by atoms with Crippen LogP contribution in [-0.4, -0.2) is 35.3 Å². The van der Waals surface area contributed by atoms with E-state index in [0.29, 0.717) is 5.95 Å². The van der Waals surface area contributed by atoms with Crippen LogP contribution >= 0.6 is 0 Å². The van der Waals surface area contributed by atoms with Crippen LogP contribution < -0.4 is 10.6 Å². The number of aromatic nitrogens is 2. The lowest BCUT2D eigenvalue weighted by molar-refractivity contribution is 0.0657. The number of anilines is 2. The molecule has 0 unspecified atom stereocenters. The van der Waals surface area contributed by atoms with E-state index < -0.39 is 0 Å². The van der Waals surface area contributed by atoms with Crippen LogP contribution in [0.2, 0.25) is 0 Å². The Kier molecular flexibility index (Phi) is 4.01. The van der Waals surface area contributed by atoms with E-state index in [4.69, 9.17) is 4.74 Å². The topological polar surface area (TPSA) is 59.1 Å². The number of rotatable bonds is 4. The van der Waals surface area contributed by atoms with E-state index in [1.54, 1.807) is 0 Å². The molecule has 1 aromatic rings. The molecule has 2 heterocycles. The first-order valence-corrected chi connectivity index (χ1v) is 6.57. The Balaban J connectivity index is 2.12. The zero-order valence-electron chi connectivity index (χ0n) is 11.4. The normalized spacial score (nSPS) is 18.4. The maximum absolute atomic E-state index is 5.40. The van der Waals surface area contributed by atoms with E-state index in [2.05, 4.69) is 27.5 Å². The maximum Gasteiger partial charge on any atom is 0.224 e. The van der Waals surface area contributed by atoms with E-state index in [0.717, 1.165) is 44.1 Å². The first-order valence-electron chi connectivity index (χ1n) is 6.57. The van der Waals surface area contributed by atoms with E-state index in [1.165, 1.54) is 0 Å². The summed E-state index contributed by atoms with van der Waals surface area (Å²) < 4.78 is 5.40. The summed E-state index contributed by atoms with van der Waals surface area (Å²) in [5, 5.41) is 6.68. The van der Waals surface area contributed by atoms with Gasteiger partial charge in [0.1, 0.15) is 5.82 Å². The average Bonchev–Trinajstić information content (AvgIpc) is 2.28. The van der Waals surface area contributed by atoms with Gasteiger partial charge in [0.2, 0.25) is 5.95 Å². The molecule has 2 rings (SSSR count). The van der Waals surface area contributed by atoms with Gasteiger partial charge in [-0.25, -0.2) is 4.98 Å². The molecule has 0 atom stereocenters. The number of aryl methyl sites for hydroxylation is 1. The molecule has 0 aliphatic carbocycles. The minimum Gasteiger partial charge on any atom is -0.381 e. The van der Waals surface area contributed by atoms with Gasteiger partial charge in [0.05, 0.1) is 0 Å². The van der Waals surface area contributed by atoms with Crippen molar-refractivity contribution >= 4 is 11.8 Å². The standard InChI is InChI=1S/C13H22N4O/c1-4-14-12-15-10(2)9-11(16-12)17-13(3)5-7-18-8-6-13/h9H,4-8H2,1-3H3,(H2,14,15,16,17). The molecule has 5 heteroatoms. The van der Waals surface area contributed by atoms with Gasteiger partial charge in [0.25, 0.3) is 0 Å². The maximum atomic E-state index is 5.40. The Morgan fingerprint density at radius 2 is 2.06 bits per heavy atom. The summed E-state index contributed by atoms with van der Waals surface area (Å²) in [4.78, 5) is 8.84. The molecule has 1 aromatic heterocycles. The Bertz CT molecular complexity index is 402. The molecule has 1 aliphatic rings. The Morgan fingerprint density at radius 3 is 2.72 bits per heavy atom. The highest BCUT2D eigenvalue weighted by atomic mass is 16.5. The molecule has 0 aromatic carbocycles. The summed E-state index contributed by atoms with van der Waals surface area (Å²) >= 11 is 0. The smallest absolute Gasteiger partial charge is 0.224 e. The molecule has 0 radical (unpaired) electrons. The molecule has 0 bridgehead atoms. The molecule has 0 amide bonds. The second-order valence-corrected chi connectivity index (χ2v) is 5.05. The summed E-state index contributed by atoms with van der Waals surface area (Å²) in [5.41, 5.74) is 1.04. The van der Waals surface area contributed by atoms with Crippen molar-refractivity contribution in [3.8, 4) is 0 Å². The lowest BCUT2D eigenvalue weighted by Gasteiger charge is -2.35. The monoisotopic (exact) mass is 250 g/mol. The molecule has 0 spiro atoms. The predicted molar refractivity (Wildman–Crippen MR) is 73.0 cm³/mol. The third kappa shape index (κ3) is 3.32. The Labute approximate surface area is 108 Å². The third-order valence-corrected chi connectivity index (χ3v) is 3.22. The largest absolute Gasteiger partial charge is 0.381 e. The van der Waals surface area contributed by atoms with E-state index in [-0.39, 0.29) is 5.54 Å². The first-order chi connectivity index (χ1) is 8.61. The lowest BCUT2D eigenvalue weighted by atomic mass is 9.92. The average molecular weight is 250 g/mol. The zero-order chi connectivity index (χ0) is 13.0. The summed E-state index contributed by atoms with van der Waals surface area (Å²) in [6.07, 6.45) is 2.01. The predicted octanol–water partition coefficient (Wildman–Crippen LogP) is 2.20. The lowest BCUT2D eigenvalue weighted by Crippen LogP contribution is -2.41. The van der Waals surface area contributed by atoms with Gasteiger partial charge < -0.3 is 15.4 Å². The third-order valence-electron chi connectivity index (χ3n) is 3.22. The van der Waals surface area contributed by atoms with Crippen molar-refractivity contribution in [3.63, 3.8) is 0 Å². The minimum absolute atomic E-state index is 0.0720. The van der Waals surface area contributed by atoms with Crippen LogP contribution in [0.25, 0.3) is 0 Å². The molecule has 0 saturated carbocycles. The molecule has 100 valence electrons. The van der Waals surface area contributed by atoms with Crippen molar-refractivity contribution in [1.29, 1.82) is 0 Å². The summed E-state index contributed by atoms with van der Waals surface area (Å²) in [6, 6.07) is 1.99. The number of nitrogens with one attached hydrogen (secondary N) is 2. The van der Waals surface area contributed by atoms with Crippen LogP contribution in [0, 0.1) is 6.92 Å². The van der Waals surface area contributed by atoms with E-state index >= 15 is 0 Å². The second-order valence-electron chi connectivity index (χ2n) is 5.05. The first kappa shape index (κ1) is 13.1. The number of hydrogen-bond donors (Lipinski definition) is 2. The van der Waals surface area contributed by atoms with Gasteiger partial charge in [-0.15, -0.1) is 0 Å². The van der Waals surface area contributed by atoms with Gasteiger partial charge in [-0.2, -0.15) is 4.98 Å². The fourth-order valence-electron chi connectivity index (χ4n) is 2.13. The quantitative estimate of drug-likeness (QED) is 0.858. The van der Waals surface area contributed by atoms with Crippen molar-refractivity contribution in [2.45, 2.75) is 39.2 Å². The molecule has 1 saturated heterocycles. The van der Waals surface area contributed by atoms with E-state index in [1.807, 2.05) is 19.9 Å². The zero-order valence-corrected chi connectivity index (χ0v) is 11.4. The Hall–Kier alpha value is -1.36. The van der Waals surface area contributed by atoms with Gasteiger partial charge in [-0.1, -0.05) is 0 Å². The summed E-state index contributed by atoms with van der Waals surface area (Å²) in [7, 11) is 0. The van der Waals surface area contributed by atoms with Gasteiger partial charge in [-0.3, -0.25) is 0 Å². The molecule has 1 aliphatic heterocycles. The second kappa shape index (κ2) is 5.52. The van der Waals surface area contributed by atoms with Gasteiger partial charge >= 0.3 is 0 Å². The van der Waals surface area contributed by atoms with Crippen LogP contribution in [0.5, 0.6) is 0 Å². The van der Waals surface area contributed by atoms with Gasteiger partial charge in [-0.05, 0) is 33.6 Å². The van der Waals surface area contributed by atoms with Gasteiger partial charge in [0, 0.05) is 37.1 Å². The van der Waals surface area contributed by atoms with Crippen molar-refractivity contribution in [1.82, 2.24) is 9.97 Å². The molecular weight excluding hydrogens is 228 g/mol. The number of nitrogens with zero attached hydrogens (tertiary/aromatic N) is 2. The number of ether oxygens (including phenoxy) is 1. The van der Waals surface area contributed by atoms with Crippen molar-refractivity contribution in [3.05, 3.63) is 11.8 Å². The van der Waals surface area contributed by atoms with Gasteiger partial charge in [0.15, 0.2) is 0 Å². The van der Waals surface area contributed by atoms with E-state index in [9.17, 15) is 0 Å². The highest BCUT2D eigenvalue weighted by molar-refractivity contribution is 5.44. The highest BCUT2D eigenvalue weighted by Gasteiger charge is 2.27. The fourth-order valence-corrected chi connectivity index (χ4v) is 2.13. The molecule has 5 nitrogen and oxygen atoms in total. The van der Waals surface area contributed by atoms with Crippen molar-refractivity contribution in [2.75, 3.05) is 30.4 Å². The molecule has 1 fully saturated rings. The summed E-state index contributed by atoms with van der Waals surface area (Å²) in [5.74, 6) is 1.58. The van der Waals surface area contributed by atoms with Crippen LogP contribution in [0.15, 0.2) is 6.07 Å². The minimum atomic E-state index is 0.0720. The Morgan fingerprint density at radius 1 is 1.33 bits per heavy atom.